The average molecular weight is 366 g/mol. The van der Waals surface area contributed by atoms with E-state index in [9.17, 15) is 9.59 Å². The minimum absolute atomic E-state index is 0.208. The lowest BCUT2D eigenvalue weighted by atomic mass is 10.1. The summed E-state index contributed by atoms with van der Waals surface area (Å²) in [5.41, 5.74) is 3.65. The third-order valence-electron chi connectivity index (χ3n) is 4.51. The van der Waals surface area contributed by atoms with Gasteiger partial charge in [0.15, 0.2) is 0 Å². The van der Waals surface area contributed by atoms with Crippen LogP contribution in [0, 0.1) is 13.8 Å². The number of hydrogen-bond acceptors (Lipinski definition) is 3. The zero-order valence-electron chi connectivity index (χ0n) is 15.6. The van der Waals surface area contributed by atoms with Gasteiger partial charge >= 0.3 is 5.97 Å². The number of aromatic nitrogens is 3. The van der Waals surface area contributed by atoms with E-state index in [-0.39, 0.29) is 11.5 Å². The number of carboxylic acids is 1. The fourth-order valence-corrected chi connectivity index (χ4v) is 3.13. The number of benzene rings is 1. The number of carboxylic acid groups (broad SMARTS) is 1. The van der Waals surface area contributed by atoms with Crippen LogP contribution in [0.5, 0.6) is 0 Å². The molecule has 0 bridgehead atoms. The Balaban J connectivity index is 1.73. The maximum Gasteiger partial charge on any atom is 0.335 e. The second-order valence-electron chi connectivity index (χ2n) is 6.47. The molecule has 2 heterocycles. The highest BCUT2D eigenvalue weighted by Gasteiger charge is 2.19. The maximum atomic E-state index is 12.7. The monoisotopic (exact) mass is 366 g/mol. The van der Waals surface area contributed by atoms with Crippen molar-refractivity contribution in [3.05, 3.63) is 70.7 Å². The van der Waals surface area contributed by atoms with Gasteiger partial charge in [0.1, 0.15) is 11.4 Å². The third-order valence-corrected chi connectivity index (χ3v) is 4.51. The molecule has 27 heavy (non-hydrogen) atoms. The van der Waals surface area contributed by atoms with Crippen LogP contribution in [0.1, 0.15) is 37.7 Å². The molecule has 7 heteroatoms. The van der Waals surface area contributed by atoms with Crippen molar-refractivity contribution in [3.63, 3.8) is 0 Å². The summed E-state index contributed by atoms with van der Waals surface area (Å²) in [5, 5.41) is 16.2. The number of carbonyl (C=O) groups excluding carboxylic acids is 1. The maximum absolute atomic E-state index is 12.7. The van der Waals surface area contributed by atoms with Crippen molar-refractivity contribution < 1.29 is 14.7 Å². The van der Waals surface area contributed by atoms with Crippen LogP contribution in [0.4, 0.5) is 0 Å². The Morgan fingerprint density at radius 1 is 1.15 bits per heavy atom. The first kappa shape index (κ1) is 18.4. The number of nitrogens with one attached hydrogen (secondary N) is 1. The highest BCUT2D eigenvalue weighted by molar-refractivity contribution is 5.97. The molecule has 0 saturated heterocycles. The van der Waals surface area contributed by atoms with E-state index < -0.39 is 5.97 Å². The van der Waals surface area contributed by atoms with Gasteiger partial charge in [-0.1, -0.05) is 12.1 Å². The first-order chi connectivity index (χ1) is 12.9. The standard InChI is InChI=1S/C20H22N4O3/c1-13-7-8-14(2)24(13)19-17(12-22-23(19)3)18(25)21-10-9-15-5-4-6-16(11-15)20(26)27/h4-8,11-12H,9-10H2,1-3H3,(H,21,25)(H,26,27). The number of aryl methyl sites for hydroxylation is 3. The van der Waals surface area contributed by atoms with Crippen LogP contribution in [0.2, 0.25) is 0 Å². The van der Waals surface area contributed by atoms with Gasteiger partial charge in [-0.25, -0.2) is 4.79 Å². The lowest BCUT2D eigenvalue weighted by molar-refractivity contribution is 0.0696. The molecule has 3 aromatic rings. The summed E-state index contributed by atoms with van der Waals surface area (Å²) in [6.07, 6.45) is 2.11. The minimum atomic E-state index is -0.960. The zero-order valence-corrected chi connectivity index (χ0v) is 15.6. The molecule has 0 unspecified atom stereocenters. The Labute approximate surface area is 157 Å². The van der Waals surface area contributed by atoms with Crippen LogP contribution in [0.25, 0.3) is 5.82 Å². The summed E-state index contributed by atoms with van der Waals surface area (Å²) in [6.45, 7) is 4.37. The van der Waals surface area contributed by atoms with Crippen molar-refractivity contribution in [2.75, 3.05) is 6.54 Å². The molecular weight excluding hydrogens is 344 g/mol. The van der Waals surface area contributed by atoms with Gasteiger partial charge in [-0.3, -0.25) is 9.48 Å². The fraction of sp³-hybridized carbons (Fsp3) is 0.250. The van der Waals surface area contributed by atoms with Crippen LogP contribution in [0.15, 0.2) is 42.6 Å². The molecule has 0 spiro atoms. The average Bonchev–Trinajstić information content (AvgIpc) is 3.17. The van der Waals surface area contributed by atoms with E-state index in [4.69, 9.17) is 5.11 Å². The van der Waals surface area contributed by atoms with Gasteiger partial charge in [0.25, 0.3) is 5.91 Å². The van der Waals surface area contributed by atoms with Crippen molar-refractivity contribution in [2.24, 2.45) is 7.05 Å². The number of hydrogen-bond donors (Lipinski definition) is 2. The Morgan fingerprint density at radius 2 is 1.85 bits per heavy atom. The molecule has 0 fully saturated rings. The molecule has 140 valence electrons. The molecule has 0 radical (unpaired) electrons. The van der Waals surface area contributed by atoms with Gasteiger partial charge in [-0.15, -0.1) is 0 Å². The van der Waals surface area contributed by atoms with Gasteiger partial charge in [-0.2, -0.15) is 5.10 Å². The first-order valence-electron chi connectivity index (χ1n) is 8.66. The number of nitrogens with zero attached hydrogens (tertiary/aromatic N) is 3. The normalized spacial score (nSPS) is 10.8. The number of rotatable bonds is 6. The summed E-state index contributed by atoms with van der Waals surface area (Å²) in [4.78, 5) is 23.7. The molecule has 3 rings (SSSR count). The van der Waals surface area contributed by atoms with Crippen molar-refractivity contribution in [3.8, 4) is 5.82 Å². The smallest absolute Gasteiger partial charge is 0.335 e. The molecule has 7 nitrogen and oxygen atoms in total. The zero-order chi connectivity index (χ0) is 19.6. The predicted octanol–water partition coefficient (Wildman–Crippen LogP) is 2.50. The molecule has 0 aliphatic rings. The van der Waals surface area contributed by atoms with Crippen LogP contribution in [0.3, 0.4) is 0 Å². The number of aromatic carboxylic acids is 1. The van der Waals surface area contributed by atoms with Gasteiger partial charge in [0.2, 0.25) is 0 Å². The fourth-order valence-electron chi connectivity index (χ4n) is 3.13. The Bertz CT molecular complexity index is 981. The lowest BCUT2D eigenvalue weighted by Crippen LogP contribution is -2.27. The van der Waals surface area contributed by atoms with E-state index in [1.807, 2.05) is 43.7 Å². The van der Waals surface area contributed by atoms with Crippen molar-refractivity contribution in [1.29, 1.82) is 0 Å². The second-order valence-corrected chi connectivity index (χ2v) is 6.47. The largest absolute Gasteiger partial charge is 0.478 e. The topological polar surface area (TPSA) is 89.2 Å². The lowest BCUT2D eigenvalue weighted by Gasteiger charge is -2.12. The van der Waals surface area contributed by atoms with E-state index >= 15 is 0 Å². The predicted molar refractivity (Wildman–Crippen MR) is 101 cm³/mol. The third kappa shape index (κ3) is 3.76. The molecule has 2 N–H and O–H groups in total. The van der Waals surface area contributed by atoms with E-state index in [2.05, 4.69) is 10.4 Å². The summed E-state index contributed by atoms with van der Waals surface area (Å²) < 4.78 is 3.68. The molecular formula is C20H22N4O3. The number of carbonyl (C=O) groups is 2. The van der Waals surface area contributed by atoms with Gasteiger partial charge in [0, 0.05) is 25.0 Å². The van der Waals surface area contributed by atoms with E-state index in [0.29, 0.717) is 18.5 Å². The quantitative estimate of drug-likeness (QED) is 0.701. The van der Waals surface area contributed by atoms with E-state index in [0.717, 1.165) is 22.8 Å². The van der Waals surface area contributed by atoms with Crippen molar-refractivity contribution in [2.45, 2.75) is 20.3 Å². The van der Waals surface area contributed by atoms with Crippen molar-refractivity contribution >= 4 is 11.9 Å². The van der Waals surface area contributed by atoms with Crippen LogP contribution in [-0.2, 0) is 13.5 Å². The summed E-state index contributed by atoms with van der Waals surface area (Å²) >= 11 is 0. The Morgan fingerprint density at radius 3 is 2.52 bits per heavy atom. The molecule has 0 aliphatic heterocycles. The summed E-state index contributed by atoms with van der Waals surface area (Å²) in [5.74, 6) is -0.446. The summed E-state index contributed by atoms with van der Waals surface area (Å²) in [6, 6.07) is 10.7. The van der Waals surface area contributed by atoms with Gasteiger partial charge in [0.05, 0.1) is 11.8 Å². The SMILES string of the molecule is Cc1ccc(C)n1-c1c(C(=O)NCCc2cccc(C(=O)O)c2)cnn1C. The second kappa shape index (κ2) is 7.49. The molecule has 1 amide bonds. The minimum Gasteiger partial charge on any atom is -0.478 e. The van der Waals surface area contributed by atoms with Crippen molar-refractivity contribution in [1.82, 2.24) is 19.7 Å². The van der Waals surface area contributed by atoms with Crippen LogP contribution in [-0.4, -0.2) is 37.9 Å². The highest BCUT2D eigenvalue weighted by atomic mass is 16.4. The molecule has 0 atom stereocenters. The van der Waals surface area contributed by atoms with Crippen LogP contribution >= 0.6 is 0 Å². The van der Waals surface area contributed by atoms with E-state index in [1.165, 1.54) is 0 Å². The molecule has 1 aromatic carbocycles. The summed E-state index contributed by atoms with van der Waals surface area (Å²) in [7, 11) is 1.81. The van der Waals surface area contributed by atoms with Gasteiger partial charge in [-0.05, 0) is 50.1 Å². The highest BCUT2D eigenvalue weighted by Crippen LogP contribution is 2.19. The van der Waals surface area contributed by atoms with E-state index in [1.54, 1.807) is 29.1 Å². The molecule has 0 saturated carbocycles. The van der Waals surface area contributed by atoms with Crippen LogP contribution < -0.4 is 5.32 Å². The molecule has 2 aromatic heterocycles. The molecule has 0 aliphatic carbocycles. The van der Waals surface area contributed by atoms with Gasteiger partial charge < -0.3 is 15.0 Å². The Kier molecular flexibility index (Phi) is 5.12. The number of amides is 1. The first-order valence-corrected chi connectivity index (χ1v) is 8.66. The Hall–Kier alpha value is -3.35.